The van der Waals surface area contributed by atoms with Crippen LogP contribution in [0, 0.1) is 13.8 Å². The van der Waals surface area contributed by atoms with E-state index in [0.29, 0.717) is 19.8 Å². The molecule has 6 heteroatoms. The van der Waals surface area contributed by atoms with Crippen LogP contribution >= 0.6 is 0 Å². The summed E-state index contributed by atoms with van der Waals surface area (Å²) in [5.41, 5.74) is 4.21. The Morgan fingerprint density at radius 3 is 2.73 bits per heavy atom. The summed E-state index contributed by atoms with van der Waals surface area (Å²) in [6.07, 6.45) is 1.36. The van der Waals surface area contributed by atoms with Crippen molar-refractivity contribution in [1.29, 1.82) is 0 Å². The fraction of sp³-hybridized carbons (Fsp3) is 0.417. The van der Waals surface area contributed by atoms with Gasteiger partial charge in [-0.1, -0.05) is 30.3 Å². The highest BCUT2D eigenvalue weighted by Crippen LogP contribution is 2.24. The third-order valence-corrected chi connectivity index (χ3v) is 5.62. The van der Waals surface area contributed by atoms with Gasteiger partial charge in [0.05, 0.1) is 23.6 Å². The number of benzene rings is 2. The molecule has 1 aliphatic rings. The predicted molar refractivity (Wildman–Crippen MR) is 117 cm³/mol. The number of carbonyl (C=O) groups is 1. The molecule has 1 N–H and O–H groups in total. The number of nitrogens with zero attached hydrogens (tertiary/aromatic N) is 2. The number of hydrogen-bond donors (Lipinski definition) is 1. The lowest BCUT2D eigenvalue weighted by Gasteiger charge is -2.19. The zero-order valence-electron chi connectivity index (χ0n) is 17.9. The molecule has 6 nitrogen and oxygen atoms in total. The van der Waals surface area contributed by atoms with Gasteiger partial charge in [-0.3, -0.25) is 4.79 Å². The average molecular weight is 408 g/mol. The van der Waals surface area contributed by atoms with Crippen molar-refractivity contribution in [2.75, 3.05) is 13.2 Å². The van der Waals surface area contributed by atoms with E-state index in [-0.39, 0.29) is 18.1 Å². The van der Waals surface area contributed by atoms with Gasteiger partial charge in [-0.05, 0) is 56.9 Å². The van der Waals surface area contributed by atoms with Crippen LogP contribution in [0.15, 0.2) is 42.5 Å². The number of fused-ring (bicyclic) bond motifs is 1. The molecule has 0 aliphatic carbocycles. The van der Waals surface area contributed by atoms with Gasteiger partial charge in [-0.2, -0.15) is 0 Å². The van der Waals surface area contributed by atoms with Crippen LogP contribution in [0.25, 0.3) is 11.0 Å². The molecular formula is C24H29N3O3. The molecule has 1 aromatic heterocycles. The maximum Gasteiger partial charge on any atom is 0.249 e. The van der Waals surface area contributed by atoms with E-state index in [9.17, 15) is 4.79 Å². The Morgan fingerprint density at radius 1 is 1.23 bits per heavy atom. The van der Waals surface area contributed by atoms with Crippen molar-refractivity contribution in [2.45, 2.75) is 52.3 Å². The van der Waals surface area contributed by atoms with Crippen LogP contribution in [0.1, 0.15) is 42.8 Å². The average Bonchev–Trinajstić information content (AvgIpc) is 3.39. The summed E-state index contributed by atoms with van der Waals surface area (Å²) in [4.78, 5) is 17.3. The SMILES string of the molecule is Cc1cccc(C)c1OCCn1c(C(C)NC(=O)C2CCCO2)nc2ccccc21. The van der Waals surface area contributed by atoms with Gasteiger partial charge in [0, 0.05) is 6.61 Å². The fourth-order valence-electron chi connectivity index (χ4n) is 4.08. The largest absolute Gasteiger partial charge is 0.491 e. The number of imidazole rings is 1. The zero-order valence-corrected chi connectivity index (χ0v) is 17.9. The quantitative estimate of drug-likeness (QED) is 0.641. The highest BCUT2D eigenvalue weighted by atomic mass is 16.5. The molecule has 2 aromatic carbocycles. The zero-order chi connectivity index (χ0) is 21.1. The van der Waals surface area contributed by atoms with E-state index < -0.39 is 0 Å². The Labute approximate surface area is 177 Å². The molecular weight excluding hydrogens is 378 g/mol. The fourth-order valence-corrected chi connectivity index (χ4v) is 4.08. The molecule has 0 spiro atoms. The highest BCUT2D eigenvalue weighted by Gasteiger charge is 2.26. The lowest BCUT2D eigenvalue weighted by molar-refractivity contribution is -0.130. The minimum absolute atomic E-state index is 0.0645. The Balaban J connectivity index is 1.53. The molecule has 1 amide bonds. The summed E-state index contributed by atoms with van der Waals surface area (Å²) >= 11 is 0. The van der Waals surface area contributed by atoms with Gasteiger partial charge in [-0.25, -0.2) is 4.98 Å². The summed E-state index contributed by atoms with van der Waals surface area (Å²) in [6.45, 7) is 7.90. The van der Waals surface area contributed by atoms with Crippen LogP contribution in [0.3, 0.4) is 0 Å². The Morgan fingerprint density at radius 2 is 2.00 bits per heavy atom. The second-order valence-electron chi connectivity index (χ2n) is 7.91. The minimum Gasteiger partial charge on any atom is -0.491 e. The number of amides is 1. The van der Waals surface area contributed by atoms with E-state index in [0.717, 1.165) is 46.6 Å². The number of hydrogen-bond acceptors (Lipinski definition) is 4. The van der Waals surface area contributed by atoms with E-state index in [4.69, 9.17) is 14.5 Å². The lowest BCUT2D eigenvalue weighted by Crippen LogP contribution is -2.36. The Kier molecular flexibility index (Phi) is 6.04. The van der Waals surface area contributed by atoms with E-state index in [1.54, 1.807) is 0 Å². The molecule has 1 fully saturated rings. The number of carbonyl (C=O) groups excluding carboxylic acids is 1. The second-order valence-corrected chi connectivity index (χ2v) is 7.91. The van der Waals surface area contributed by atoms with Crippen molar-refractivity contribution in [2.24, 2.45) is 0 Å². The van der Waals surface area contributed by atoms with E-state index in [1.165, 1.54) is 0 Å². The minimum atomic E-state index is -0.349. The summed E-state index contributed by atoms with van der Waals surface area (Å²) in [5, 5.41) is 3.08. The Hall–Kier alpha value is -2.86. The molecule has 2 unspecified atom stereocenters. The maximum atomic E-state index is 12.5. The van der Waals surface area contributed by atoms with Crippen molar-refractivity contribution in [3.63, 3.8) is 0 Å². The van der Waals surface area contributed by atoms with Crippen LogP contribution in [0.2, 0.25) is 0 Å². The smallest absolute Gasteiger partial charge is 0.249 e. The van der Waals surface area contributed by atoms with Gasteiger partial charge >= 0.3 is 0 Å². The molecule has 2 heterocycles. The summed E-state index contributed by atoms with van der Waals surface area (Å²) in [7, 11) is 0. The van der Waals surface area contributed by atoms with E-state index in [1.807, 2.05) is 31.2 Å². The van der Waals surface area contributed by atoms with Crippen molar-refractivity contribution in [1.82, 2.24) is 14.9 Å². The first-order valence-electron chi connectivity index (χ1n) is 10.6. The van der Waals surface area contributed by atoms with Gasteiger partial charge in [0.2, 0.25) is 5.91 Å². The maximum absolute atomic E-state index is 12.5. The van der Waals surface area contributed by atoms with Crippen LogP contribution in [-0.2, 0) is 16.1 Å². The summed E-state index contributed by atoms with van der Waals surface area (Å²) < 4.78 is 13.8. The van der Waals surface area contributed by atoms with E-state index in [2.05, 4.69) is 41.9 Å². The third kappa shape index (κ3) is 4.19. The van der Waals surface area contributed by atoms with Crippen molar-refractivity contribution in [3.8, 4) is 5.75 Å². The Bertz CT molecular complexity index is 1020. The highest BCUT2D eigenvalue weighted by molar-refractivity contribution is 5.81. The molecule has 0 radical (unpaired) electrons. The molecule has 0 saturated carbocycles. The normalized spacial score (nSPS) is 17.2. The van der Waals surface area contributed by atoms with Crippen LogP contribution in [0.4, 0.5) is 0 Å². The number of nitrogens with one attached hydrogen (secondary N) is 1. The number of rotatable bonds is 7. The van der Waals surface area contributed by atoms with Crippen LogP contribution in [0.5, 0.6) is 5.75 Å². The molecule has 4 rings (SSSR count). The van der Waals surface area contributed by atoms with Crippen LogP contribution < -0.4 is 10.1 Å². The molecule has 0 bridgehead atoms. The summed E-state index contributed by atoms with van der Waals surface area (Å²) in [5.74, 6) is 1.70. The van der Waals surface area contributed by atoms with Gasteiger partial charge in [0.1, 0.15) is 24.3 Å². The van der Waals surface area contributed by atoms with Crippen molar-refractivity contribution in [3.05, 3.63) is 59.4 Å². The number of ether oxygens (including phenoxy) is 2. The summed E-state index contributed by atoms with van der Waals surface area (Å²) in [6, 6.07) is 14.0. The number of para-hydroxylation sites is 3. The van der Waals surface area contributed by atoms with E-state index >= 15 is 0 Å². The van der Waals surface area contributed by atoms with Crippen molar-refractivity contribution >= 4 is 16.9 Å². The second kappa shape index (κ2) is 8.88. The van der Waals surface area contributed by atoms with Crippen molar-refractivity contribution < 1.29 is 14.3 Å². The molecule has 2 atom stereocenters. The van der Waals surface area contributed by atoms with Gasteiger partial charge in [0.25, 0.3) is 0 Å². The molecule has 158 valence electrons. The van der Waals surface area contributed by atoms with Gasteiger partial charge in [-0.15, -0.1) is 0 Å². The number of aryl methyl sites for hydroxylation is 2. The predicted octanol–water partition coefficient (Wildman–Crippen LogP) is 4.09. The first-order chi connectivity index (χ1) is 14.5. The van der Waals surface area contributed by atoms with Gasteiger partial charge < -0.3 is 19.4 Å². The lowest BCUT2D eigenvalue weighted by atomic mass is 10.1. The third-order valence-electron chi connectivity index (χ3n) is 5.62. The molecule has 1 saturated heterocycles. The number of aromatic nitrogens is 2. The van der Waals surface area contributed by atoms with Gasteiger partial charge in [0.15, 0.2) is 0 Å². The molecule has 1 aliphatic heterocycles. The topological polar surface area (TPSA) is 65.4 Å². The molecule has 30 heavy (non-hydrogen) atoms. The standard InChI is InChI=1S/C24H29N3O3/c1-16-8-6-9-17(2)22(16)30-15-13-27-20-11-5-4-10-19(20)26-23(27)18(3)25-24(28)21-12-7-14-29-21/h4-6,8-11,18,21H,7,12-15H2,1-3H3,(H,25,28). The van der Waals surface area contributed by atoms with Crippen LogP contribution in [-0.4, -0.2) is 34.8 Å². The molecule has 3 aromatic rings. The first kappa shape index (κ1) is 20.4. The first-order valence-corrected chi connectivity index (χ1v) is 10.6. The monoisotopic (exact) mass is 407 g/mol.